The van der Waals surface area contributed by atoms with E-state index in [1.165, 1.54) is 0 Å². The van der Waals surface area contributed by atoms with E-state index in [4.69, 9.17) is 9.78 Å². The standard InChI is InChI=1S/C10H8N4O/c1-6-3-8(4-9(5-11)12-6)10-13-7(2)15-14-10/h3-4H,1-2H3. The van der Waals surface area contributed by atoms with Crippen LogP contribution in [0.2, 0.25) is 0 Å². The van der Waals surface area contributed by atoms with E-state index in [-0.39, 0.29) is 0 Å². The van der Waals surface area contributed by atoms with Gasteiger partial charge in [0.25, 0.3) is 0 Å². The fourth-order valence-corrected chi connectivity index (χ4v) is 1.27. The zero-order chi connectivity index (χ0) is 10.8. The molecule has 0 aliphatic rings. The van der Waals surface area contributed by atoms with E-state index in [1.54, 1.807) is 13.0 Å². The van der Waals surface area contributed by atoms with Crippen molar-refractivity contribution in [2.45, 2.75) is 13.8 Å². The molecule has 0 amide bonds. The summed E-state index contributed by atoms with van der Waals surface area (Å²) in [5.74, 6) is 0.979. The average molecular weight is 200 g/mol. The summed E-state index contributed by atoms with van der Waals surface area (Å²) in [4.78, 5) is 8.12. The molecule has 0 bridgehead atoms. The molecule has 5 heteroatoms. The van der Waals surface area contributed by atoms with Gasteiger partial charge in [-0.2, -0.15) is 10.2 Å². The van der Waals surface area contributed by atoms with Crippen LogP contribution < -0.4 is 0 Å². The third kappa shape index (κ3) is 1.83. The Hall–Kier alpha value is -2.22. The van der Waals surface area contributed by atoms with E-state index < -0.39 is 0 Å². The first kappa shape index (κ1) is 9.34. The van der Waals surface area contributed by atoms with Gasteiger partial charge in [-0.15, -0.1) is 0 Å². The molecule has 2 rings (SSSR count). The van der Waals surface area contributed by atoms with Gasteiger partial charge in [0.1, 0.15) is 11.8 Å². The monoisotopic (exact) mass is 200 g/mol. The third-order valence-electron chi connectivity index (χ3n) is 1.85. The number of hydrogen-bond acceptors (Lipinski definition) is 5. The summed E-state index contributed by atoms with van der Waals surface area (Å²) in [6.45, 7) is 3.53. The summed E-state index contributed by atoms with van der Waals surface area (Å²) in [6, 6.07) is 5.43. The quantitative estimate of drug-likeness (QED) is 0.699. The molecule has 2 heterocycles. The first-order valence-electron chi connectivity index (χ1n) is 4.38. The van der Waals surface area contributed by atoms with E-state index in [9.17, 15) is 0 Å². The summed E-state index contributed by atoms with van der Waals surface area (Å²) in [5.41, 5.74) is 1.86. The fraction of sp³-hybridized carbons (Fsp3) is 0.200. The Morgan fingerprint density at radius 2 is 2.07 bits per heavy atom. The molecular formula is C10H8N4O. The summed E-state index contributed by atoms with van der Waals surface area (Å²) in [5, 5.41) is 12.5. The smallest absolute Gasteiger partial charge is 0.223 e. The van der Waals surface area contributed by atoms with Crippen LogP contribution in [0.4, 0.5) is 0 Å². The van der Waals surface area contributed by atoms with Gasteiger partial charge in [-0.25, -0.2) is 4.98 Å². The van der Waals surface area contributed by atoms with Crippen LogP contribution in [0, 0.1) is 25.2 Å². The number of aryl methyl sites for hydroxylation is 2. The number of nitrogens with zero attached hydrogens (tertiary/aromatic N) is 4. The summed E-state index contributed by atoms with van der Waals surface area (Å²) in [6.07, 6.45) is 0. The van der Waals surface area contributed by atoms with Gasteiger partial charge in [0.2, 0.25) is 11.7 Å². The zero-order valence-electron chi connectivity index (χ0n) is 8.35. The summed E-state index contributed by atoms with van der Waals surface area (Å²) >= 11 is 0. The zero-order valence-corrected chi connectivity index (χ0v) is 8.35. The van der Waals surface area contributed by atoms with Crippen molar-refractivity contribution in [2.75, 3.05) is 0 Å². The van der Waals surface area contributed by atoms with Crippen molar-refractivity contribution in [3.05, 3.63) is 29.4 Å². The molecule has 0 saturated heterocycles. The molecule has 2 aromatic rings. The molecular weight excluding hydrogens is 192 g/mol. The highest BCUT2D eigenvalue weighted by Gasteiger charge is 2.07. The number of rotatable bonds is 1. The number of hydrogen-bond donors (Lipinski definition) is 0. The van der Waals surface area contributed by atoms with Crippen LogP contribution in [0.3, 0.4) is 0 Å². The van der Waals surface area contributed by atoms with Crippen LogP contribution in [0.15, 0.2) is 16.7 Å². The summed E-state index contributed by atoms with van der Waals surface area (Å²) in [7, 11) is 0. The first-order valence-corrected chi connectivity index (χ1v) is 4.38. The molecule has 5 nitrogen and oxygen atoms in total. The third-order valence-corrected chi connectivity index (χ3v) is 1.85. The number of pyridine rings is 1. The molecule has 0 spiro atoms. The fourth-order valence-electron chi connectivity index (χ4n) is 1.27. The Kier molecular flexibility index (Phi) is 2.18. The van der Waals surface area contributed by atoms with Crippen molar-refractivity contribution in [3.63, 3.8) is 0 Å². The number of nitriles is 1. The SMILES string of the molecule is Cc1cc(-c2noc(C)n2)cc(C#N)n1. The van der Waals surface area contributed by atoms with E-state index in [1.807, 2.05) is 19.1 Å². The maximum Gasteiger partial charge on any atom is 0.223 e. The maximum absolute atomic E-state index is 8.76. The Balaban J connectivity index is 2.54. The molecule has 74 valence electrons. The molecule has 0 radical (unpaired) electrons. The molecule has 0 aliphatic heterocycles. The Labute approximate surface area is 86.4 Å². The lowest BCUT2D eigenvalue weighted by molar-refractivity contribution is 0.394. The van der Waals surface area contributed by atoms with Crippen molar-refractivity contribution in [1.29, 1.82) is 5.26 Å². The van der Waals surface area contributed by atoms with Gasteiger partial charge in [0.15, 0.2) is 0 Å². The molecule has 0 fully saturated rings. The highest BCUT2D eigenvalue weighted by molar-refractivity contribution is 5.56. The minimum atomic E-state index is 0.354. The first-order chi connectivity index (χ1) is 7.19. The maximum atomic E-state index is 8.76. The van der Waals surface area contributed by atoms with Crippen molar-refractivity contribution < 1.29 is 4.52 Å². The minimum Gasteiger partial charge on any atom is -0.339 e. The predicted octanol–water partition coefficient (Wildman–Crippen LogP) is 1.62. The van der Waals surface area contributed by atoms with Gasteiger partial charge in [-0.05, 0) is 19.1 Å². The molecule has 0 aromatic carbocycles. The van der Waals surface area contributed by atoms with Gasteiger partial charge >= 0.3 is 0 Å². The van der Waals surface area contributed by atoms with Crippen LogP contribution in [-0.4, -0.2) is 15.1 Å². The second-order valence-corrected chi connectivity index (χ2v) is 3.13. The topological polar surface area (TPSA) is 75.6 Å². The van der Waals surface area contributed by atoms with Gasteiger partial charge in [0.05, 0.1) is 0 Å². The Morgan fingerprint density at radius 3 is 2.67 bits per heavy atom. The molecule has 0 unspecified atom stereocenters. The molecule has 0 aliphatic carbocycles. The lowest BCUT2D eigenvalue weighted by Crippen LogP contribution is -1.90. The highest BCUT2D eigenvalue weighted by Crippen LogP contribution is 2.17. The van der Waals surface area contributed by atoms with Crippen LogP contribution in [0.5, 0.6) is 0 Å². The average Bonchev–Trinajstić information content (AvgIpc) is 2.64. The number of aromatic nitrogens is 3. The second-order valence-electron chi connectivity index (χ2n) is 3.13. The Bertz CT molecular complexity index is 539. The van der Waals surface area contributed by atoms with E-state index in [0.717, 1.165) is 11.3 Å². The predicted molar refractivity (Wildman–Crippen MR) is 51.7 cm³/mol. The molecule has 0 N–H and O–H groups in total. The van der Waals surface area contributed by atoms with E-state index >= 15 is 0 Å². The van der Waals surface area contributed by atoms with Crippen LogP contribution in [0.1, 0.15) is 17.3 Å². The van der Waals surface area contributed by atoms with E-state index in [0.29, 0.717) is 17.4 Å². The minimum absolute atomic E-state index is 0.354. The van der Waals surface area contributed by atoms with Crippen molar-refractivity contribution >= 4 is 0 Å². The highest BCUT2D eigenvalue weighted by atomic mass is 16.5. The molecule has 0 atom stereocenters. The van der Waals surface area contributed by atoms with E-state index in [2.05, 4.69) is 15.1 Å². The van der Waals surface area contributed by atoms with Crippen molar-refractivity contribution in [3.8, 4) is 17.5 Å². The van der Waals surface area contributed by atoms with Gasteiger partial charge in [-0.3, -0.25) is 0 Å². The van der Waals surface area contributed by atoms with Gasteiger partial charge < -0.3 is 4.52 Å². The second kappa shape index (κ2) is 3.50. The largest absolute Gasteiger partial charge is 0.339 e. The summed E-state index contributed by atoms with van der Waals surface area (Å²) < 4.78 is 4.87. The van der Waals surface area contributed by atoms with Crippen molar-refractivity contribution in [2.24, 2.45) is 0 Å². The molecule has 2 aromatic heterocycles. The molecule has 0 saturated carbocycles. The lowest BCUT2D eigenvalue weighted by Gasteiger charge is -1.97. The molecule has 15 heavy (non-hydrogen) atoms. The van der Waals surface area contributed by atoms with Crippen molar-refractivity contribution in [1.82, 2.24) is 15.1 Å². The van der Waals surface area contributed by atoms with Crippen LogP contribution in [0.25, 0.3) is 11.4 Å². The van der Waals surface area contributed by atoms with Gasteiger partial charge in [0, 0.05) is 18.2 Å². The normalized spacial score (nSPS) is 9.93. The van der Waals surface area contributed by atoms with Crippen LogP contribution >= 0.6 is 0 Å². The van der Waals surface area contributed by atoms with Gasteiger partial charge in [-0.1, -0.05) is 5.16 Å². The van der Waals surface area contributed by atoms with Crippen LogP contribution in [-0.2, 0) is 0 Å². The lowest BCUT2D eigenvalue weighted by atomic mass is 10.2. The Morgan fingerprint density at radius 1 is 1.27 bits per heavy atom.